The lowest BCUT2D eigenvalue weighted by Crippen LogP contribution is -2.51. The standard InChI is InChI=1S/C22H24N4O5/c27-19(24-10-12-25(13-11-24)21(29)18-7-4-14-31-18)15-17-20(28)26(22(30)23-17)9-8-16-5-2-1-3-6-16/h1-7,14,17H,8-13,15H2,(H,23,30). The number of carbonyl (C=O) groups excluding carboxylic acids is 4. The van der Waals surface area contributed by atoms with E-state index in [1.807, 2.05) is 30.3 Å². The van der Waals surface area contributed by atoms with Crippen molar-refractivity contribution in [3.05, 3.63) is 60.1 Å². The monoisotopic (exact) mass is 424 g/mol. The van der Waals surface area contributed by atoms with Gasteiger partial charge in [-0.1, -0.05) is 30.3 Å². The second-order valence-electron chi connectivity index (χ2n) is 7.58. The average Bonchev–Trinajstić information content (AvgIpc) is 3.42. The van der Waals surface area contributed by atoms with Crippen LogP contribution in [0, 0.1) is 0 Å². The molecule has 1 aromatic carbocycles. The van der Waals surface area contributed by atoms with Crippen LogP contribution in [0.2, 0.25) is 0 Å². The second-order valence-corrected chi connectivity index (χ2v) is 7.58. The van der Waals surface area contributed by atoms with Crippen molar-refractivity contribution in [2.75, 3.05) is 32.7 Å². The number of rotatable bonds is 6. The fraction of sp³-hybridized carbons (Fsp3) is 0.364. The Morgan fingerprint density at radius 2 is 1.68 bits per heavy atom. The highest BCUT2D eigenvalue weighted by Gasteiger charge is 2.39. The first kappa shape index (κ1) is 20.6. The van der Waals surface area contributed by atoms with Crippen LogP contribution in [0.1, 0.15) is 22.5 Å². The van der Waals surface area contributed by atoms with E-state index in [-0.39, 0.29) is 36.4 Å². The summed E-state index contributed by atoms with van der Waals surface area (Å²) in [6.07, 6.45) is 1.92. The van der Waals surface area contributed by atoms with Crippen molar-refractivity contribution < 1.29 is 23.6 Å². The van der Waals surface area contributed by atoms with Gasteiger partial charge in [0.15, 0.2) is 5.76 Å². The molecule has 1 N–H and O–H groups in total. The topological polar surface area (TPSA) is 103 Å². The molecule has 2 fully saturated rings. The molecule has 0 saturated carbocycles. The minimum Gasteiger partial charge on any atom is -0.459 e. The zero-order valence-corrected chi connectivity index (χ0v) is 17.0. The maximum atomic E-state index is 12.7. The SMILES string of the molecule is O=C(CC1NC(=O)N(CCc2ccccc2)C1=O)N1CCN(C(=O)c2ccco2)CC1. The molecule has 0 aliphatic carbocycles. The van der Waals surface area contributed by atoms with E-state index >= 15 is 0 Å². The van der Waals surface area contributed by atoms with E-state index in [1.165, 1.54) is 11.2 Å². The first-order valence-electron chi connectivity index (χ1n) is 10.3. The van der Waals surface area contributed by atoms with Gasteiger partial charge in [-0.2, -0.15) is 0 Å². The lowest BCUT2D eigenvalue weighted by molar-refractivity contribution is -0.136. The number of hydrogen-bond donors (Lipinski definition) is 1. The molecule has 1 aromatic heterocycles. The molecule has 0 spiro atoms. The molecule has 2 aromatic rings. The molecule has 2 saturated heterocycles. The summed E-state index contributed by atoms with van der Waals surface area (Å²) in [6.45, 7) is 1.79. The highest BCUT2D eigenvalue weighted by molar-refractivity contribution is 6.05. The molecule has 31 heavy (non-hydrogen) atoms. The van der Waals surface area contributed by atoms with Crippen molar-refractivity contribution in [1.82, 2.24) is 20.0 Å². The van der Waals surface area contributed by atoms with Gasteiger partial charge in [-0.15, -0.1) is 0 Å². The smallest absolute Gasteiger partial charge is 0.324 e. The predicted molar refractivity (Wildman–Crippen MR) is 110 cm³/mol. The van der Waals surface area contributed by atoms with E-state index in [9.17, 15) is 19.2 Å². The number of imide groups is 1. The van der Waals surface area contributed by atoms with Crippen molar-refractivity contribution in [3.63, 3.8) is 0 Å². The second kappa shape index (κ2) is 9.03. The summed E-state index contributed by atoms with van der Waals surface area (Å²) in [4.78, 5) is 54.3. The fourth-order valence-corrected chi connectivity index (χ4v) is 3.83. The minimum absolute atomic E-state index is 0.0848. The molecular weight excluding hydrogens is 400 g/mol. The van der Waals surface area contributed by atoms with Gasteiger partial charge in [-0.3, -0.25) is 19.3 Å². The number of benzene rings is 1. The van der Waals surface area contributed by atoms with Gasteiger partial charge in [0.2, 0.25) is 5.91 Å². The molecule has 9 heteroatoms. The maximum Gasteiger partial charge on any atom is 0.324 e. The number of amides is 5. The number of piperazine rings is 1. The number of nitrogens with zero attached hydrogens (tertiary/aromatic N) is 3. The van der Waals surface area contributed by atoms with E-state index in [2.05, 4.69) is 5.32 Å². The van der Waals surface area contributed by atoms with Gasteiger partial charge in [0.25, 0.3) is 11.8 Å². The van der Waals surface area contributed by atoms with Crippen LogP contribution in [0.5, 0.6) is 0 Å². The summed E-state index contributed by atoms with van der Waals surface area (Å²) in [5.74, 6) is -0.520. The van der Waals surface area contributed by atoms with Crippen LogP contribution in [0.3, 0.4) is 0 Å². The molecule has 9 nitrogen and oxygen atoms in total. The van der Waals surface area contributed by atoms with Crippen molar-refractivity contribution >= 4 is 23.8 Å². The Balaban J connectivity index is 1.26. The van der Waals surface area contributed by atoms with Gasteiger partial charge in [0.05, 0.1) is 12.7 Å². The normalized spacial score (nSPS) is 19.0. The zero-order chi connectivity index (χ0) is 21.8. The van der Waals surface area contributed by atoms with E-state index in [0.717, 1.165) is 5.56 Å². The third-order valence-electron chi connectivity index (χ3n) is 5.60. The van der Waals surface area contributed by atoms with Crippen LogP contribution in [0.25, 0.3) is 0 Å². The molecule has 4 rings (SSSR count). The molecule has 2 aliphatic rings. The lowest BCUT2D eigenvalue weighted by atomic mass is 10.1. The van der Waals surface area contributed by atoms with Crippen molar-refractivity contribution in [1.29, 1.82) is 0 Å². The van der Waals surface area contributed by atoms with Crippen LogP contribution >= 0.6 is 0 Å². The molecule has 5 amide bonds. The Morgan fingerprint density at radius 1 is 0.968 bits per heavy atom. The summed E-state index contributed by atoms with van der Waals surface area (Å²) in [5.41, 5.74) is 1.03. The quantitative estimate of drug-likeness (QED) is 0.700. The van der Waals surface area contributed by atoms with Crippen LogP contribution in [-0.2, 0) is 16.0 Å². The molecule has 1 unspecified atom stereocenters. The Hall–Kier alpha value is -3.62. The van der Waals surface area contributed by atoms with Crippen LogP contribution < -0.4 is 5.32 Å². The van der Waals surface area contributed by atoms with E-state index in [1.54, 1.807) is 21.9 Å². The highest BCUT2D eigenvalue weighted by Crippen LogP contribution is 2.15. The molecule has 2 aliphatic heterocycles. The number of carbonyl (C=O) groups is 4. The van der Waals surface area contributed by atoms with E-state index in [4.69, 9.17) is 4.42 Å². The summed E-state index contributed by atoms with van der Waals surface area (Å²) < 4.78 is 5.14. The van der Waals surface area contributed by atoms with Crippen LogP contribution in [0.4, 0.5) is 4.79 Å². The summed E-state index contributed by atoms with van der Waals surface area (Å²) in [6, 6.07) is 11.6. The van der Waals surface area contributed by atoms with Gasteiger partial charge < -0.3 is 19.5 Å². The van der Waals surface area contributed by atoms with Crippen molar-refractivity contribution in [3.8, 4) is 0 Å². The first-order chi connectivity index (χ1) is 15.0. The molecule has 0 bridgehead atoms. The largest absolute Gasteiger partial charge is 0.459 e. The predicted octanol–water partition coefficient (Wildman–Crippen LogP) is 1.12. The van der Waals surface area contributed by atoms with E-state index in [0.29, 0.717) is 32.6 Å². The van der Waals surface area contributed by atoms with Crippen LogP contribution in [0.15, 0.2) is 53.1 Å². The highest BCUT2D eigenvalue weighted by atomic mass is 16.3. The zero-order valence-electron chi connectivity index (χ0n) is 17.0. The number of urea groups is 1. The third kappa shape index (κ3) is 4.60. The number of hydrogen-bond acceptors (Lipinski definition) is 5. The molecule has 162 valence electrons. The summed E-state index contributed by atoms with van der Waals surface area (Å²) >= 11 is 0. The van der Waals surface area contributed by atoms with Gasteiger partial charge >= 0.3 is 6.03 Å². The summed E-state index contributed by atoms with van der Waals surface area (Å²) in [5, 5.41) is 2.62. The molecule has 1 atom stereocenters. The van der Waals surface area contributed by atoms with Gasteiger partial charge in [-0.25, -0.2) is 4.79 Å². The average molecular weight is 424 g/mol. The maximum absolute atomic E-state index is 12.7. The van der Waals surface area contributed by atoms with Crippen molar-refractivity contribution in [2.24, 2.45) is 0 Å². The minimum atomic E-state index is -0.849. The van der Waals surface area contributed by atoms with E-state index < -0.39 is 12.1 Å². The Bertz CT molecular complexity index is 952. The molecular formula is C22H24N4O5. The number of nitrogens with one attached hydrogen (secondary N) is 1. The first-order valence-corrected chi connectivity index (χ1v) is 10.3. The number of furan rings is 1. The fourth-order valence-electron chi connectivity index (χ4n) is 3.83. The Labute approximate surface area is 179 Å². The Morgan fingerprint density at radius 3 is 2.35 bits per heavy atom. The molecule has 3 heterocycles. The van der Waals surface area contributed by atoms with Gasteiger partial charge in [0.1, 0.15) is 6.04 Å². The molecule has 0 radical (unpaired) electrons. The summed E-state index contributed by atoms with van der Waals surface area (Å²) in [7, 11) is 0. The van der Waals surface area contributed by atoms with Crippen LogP contribution in [-0.4, -0.2) is 77.2 Å². The van der Waals surface area contributed by atoms with Gasteiger partial charge in [-0.05, 0) is 24.1 Å². The third-order valence-corrected chi connectivity index (χ3v) is 5.60. The lowest BCUT2D eigenvalue weighted by Gasteiger charge is -2.34. The van der Waals surface area contributed by atoms with Gasteiger partial charge in [0, 0.05) is 32.7 Å². The Kier molecular flexibility index (Phi) is 6.01. The van der Waals surface area contributed by atoms with Crippen molar-refractivity contribution in [2.45, 2.75) is 18.9 Å².